The Labute approximate surface area is 186 Å². The molecule has 0 radical (unpaired) electrons. The first-order valence-corrected chi connectivity index (χ1v) is 11.4. The van der Waals surface area contributed by atoms with Crippen LogP contribution in [0.4, 0.5) is 16.4 Å². The van der Waals surface area contributed by atoms with E-state index in [-0.39, 0.29) is 6.61 Å². The Morgan fingerprint density at radius 1 is 1.29 bits per heavy atom. The second-order valence-electron chi connectivity index (χ2n) is 7.64. The van der Waals surface area contributed by atoms with Gasteiger partial charge in [-0.1, -0.05) is 12.1 Å². The van der Waals surface area contributed by atoms with Crippen LogP contribution < -0.4 is 11.1 Å². The van der Waals surface area contributed by atoms with Gasteiger partial charge in [-0.05, 0) is 32.0 Å². The number of nitrogens with two attached hydrogens (primary N) is 1. The highest BCUT2D eigenvalue weighted by molar-refractivity contribution is 7.16. The number of piperazine rings is 1. The molecule has 0 bridgehead atoms. The summed E-state index contributed by atoms with van der Waals surface area (Å²) in [6, 6.07) is 9.62. The topological polar surface area (TPSA) is 92.4 Å². The number of aryl methyl sites for hydroxylation is 1. The van der Waals surface area contributed by atoms with E-state index in [1.165, 1.54) is 4.88 Å². The molecule has 1 unspecified atom stereocenters. The lowest BCUT2D eigenvalue weighted by atomic mass is 10.2. The first-order valence-electron chi connectivity index (χ1n) is 10.6. The summed E-state index contributed by atoms with van der Waals surface area (Å²) in [5.74, 6) is 0.594. The van der Waals surface area contributed by atoms with Crippen molar-refractivity contribution < 1.29 is 14.3 Å². The molecule has 8 nitrogen and oxygen atoms in total. The number of amidine groups is 1. The second-order valence-corrected chi connectivity index (χ2v) is 8.90. The van der Waals surface area contributed by atoms with Gasteiger partial charge in [0.15, 0.2) is 0 Å². The van der Waals surface area contributed by atoms with Crippen LogP contribution >= 0.6 is 11.3 Å². The number of hydrogen-bond acceptors (Lipinski definition) is 9. The summed E-state index contributed by atoms with van der Waals surface area (Å²) in [6.45, 7) is 8.21. The molecule has 4 rings (SSSR count). The van der Waals surface area contributed by atoms with Crippen LogP contribution in [-0.4, -0.2) is 73.8 Å². The molecule has 9 heteroatoms. The molecule has 1 saturated heterocycles. The van der Waals surface area contributed by atoms with Crippen molar-refractivity contribution in [2.75, 3.05) is 51.4 Å². The Bertz CT molecular complexity index is 952. The van der Waals surface area contributed by atoms with Crippen molar-refractivity contribution >= 4 is 39.5 Å². The Morgan fingerprint density at radius 2 is 2.06 bits per heavy atom. The highest BCUT2D eigenvalue weighted by atomic mass is 32.1. The first kappa shape index (κ1) is 21.8. The maximum absolute atomic E-state index is 11.6. The van der Waals surface area contributed by atoms with E-state index in [1.807, 2.05) is 18.2 Å². The standard InChI is InChI=1S/C22H29N5O3S/c1-3-30-22(28)17(23)13-29-14-26-8-10-27(11-9-26)20-16-12-15(2)31-21(16)25-19-7-5-4-6-18(19)24-20/h4-7,12,17,25H,3,8-11,13-14,23H2,1-2H3. The third-order valence-corrected chi connectivity index (χ3v) is 6.27. The normalized spacial score (nSPS) is 17.1. The third-order valence-electron chi connectivity index (χ3n) is 5.31. The van der Waals surface area contributed by atoms with Crippen molar-refractivity contribution in [1.82, 2.24) is 9.80 Å². The zero-order valence-electron chi connectivity index (χ0n) is 18.0. The van der Waals surface area contributed by atoms with E-state index in [0.29, 0.717) is 13.3 Å². The van der Waals surface area contributed by atoms with Gasteiger partial charge in [-0.2, -0.15) is 0 Å². The lowest BCUT2D eigenvalue weighted by Gasteiger charge is -2.36. The number of aliphatic imine (C=N–C) groups is 1. The number of hydrogen-bond donors (Lipinski definition) is 2. The lowest BCUT2D eigenvalue weighted by Crippen LogP contribution is -2.49. The van der Waals surface area contributed by atoms with E-state index >= 15 is 0 Å². The summed E-state index contributed by atoms with van der Waals surface area (Å²) in [6.07, 6.45) is 0. The Kier molecular flexibility index (Phi) is 6.86. The number of para-hydroxylation sites is 2. The van der Waals surface area contributed by atoms with Crippen molar-refractivity contribution in [3.05, 3.63) is 40.8 Å². The van der Waals surface area contributed by atoms with E-state index in [1.54, 1.807) is 18.3 Å². The molecule has 1 fully saturated rings. The number of rotatable bonds is 6. The number of nitrogens with zero attached hydrogens (tertiary/aromatic N) is 3. The van der Waals surface area contributed by atoms with Gasteiger partial charge in [0.2, 0.25) is 0 Å². The van der Waals surface area contributed by atoms with Gasteiger partial charge in [0.05, 0.1) is 36.9 Å². The number of esters is 1. The number of fused-ring (bicyclic) bond motifs is 2. The highest BCUT2D eigenvalue weighted by Gasteiger charge is 2.26. The van der Waals surface area contributed by atoms with E-state index in [2.05, 4.69) is 34.2 Å². The number of benzene rings is 1. The van der Waals surface area contributed by atoms with E-state index in [9.17, 15) is 4.79 Å². The molecule has 2 aromatic rings. The molecule has 0 aliphatic carbocycles. The van der Waals surface area contributed by atoms with Crippen LogP contribution in [-0.2, 0) is 14.3 Å². The zero-order valence-corrected chi connectivity index (χ0v) is 18.8. The van der Waals surface area contributed by atoms with Gasteiger partial charge in [-0.15, -0.1) is 11.3 Å². The molecule has 3 heterocycles. The Balaban J connectivity index is 1.38. The van der Waals surface area contributed by atoms with Crippen molar-refractivity contribution in [3.63, 3.8) is 0 Å². The maximum Gasteiger partial charge on any atom is 0.325 e. The molecule has 2 aliphatic heterocycles. The van der Waals surface area contributed by atoms with Crippen LogP contribution in [0, 0.1) is 6.92 Å². The lowest BCUT2D eigenvalue weighted by molar-refractivity contribution is -0.146. The molecule has 0 amide bonds. The van der Waals surface area contributed by atoms with Crippen LogP contribution in [0.1, 0.15) is 17.4 Å². The van der Waals surface area contributed by atoms with Gasteiger partial charge in [0.25, 0.3) is 0 Å². The molecule has 1 aromatic carbocycles. The summed E-state index contributed by atoms with van der Waals surface area (Å²) in [5.41, 5.74) is 8.94. The van der Waals surface area contributed by atoms with Gasteiger partial charge in [0.1, 0.15) is 16.9 Å². The maximum atomic E-state index is 11.6. The summed E-state index contributed by atoms with van der Waals surface area (Å²) >= 11 is 1.76. The number of anilines is 2. The van der Waals surface area contributed by atoms with Crippen LogP contribution in [0.2, 0.25) is 0 Å². The van der Waals surface area contributed by atoms with E-state index < -0.39 is 12.0 Å². The number of carbonyl (C=O) groups excluding carboxylic acids is 1. The van der Waals surface area contributed by atoms with Gasteiger partial charge in [0, 0.05) is 31.1 Å². The molecule has 1 aromatic heterocycles. The van der Waals surface area contributed by atoms with Gasteiger partial charge >= 0.3 is 5.97 Å². The minimum atomic E-state index is -0.741. The van der Waals surface area contributed by atoms with Crippen molar-refractivity contribution in [3.8, 4) is 0 Å². The van der Waals surface area contributed by atoms with Crippen molar-refractivity contribution in [2.45, 2.75) is 19.9 Å². The monoisotopic (exact) mass is 443 g/mol. The molecule has 2 aliphatic rings. The van der Waals surface area contributed by atoms with Crippen molar-refractivity contribution in [2.24, 2.45) is 10.7 Å². The molecule has 0 saturated carbocycles. The van der Waals surface area contributed by atoms with Crippen molar-refractivity contribution in [1.29, 1.82) is 0 Å². The summed E-state index contributed by atoms with van der Waals surface area (Å²) in [4.78, 5) is 22.5. The molecule has 3 N–H and O–H groups in total. The van der Waals surface area contributed by atoms with Gasteiger partial charge in [-0.3, -0.25) is 9.69 Å². The van der Waals surface area contributed by atoms with Crippen LogP contribution in [0.3, 0.4) is 0 Å². The highest BCUT2D eigenvalue weighted by Crippen LogP contribution is 2.39. The van der Waals surface area contributed by atoms with Gasteiger partial charge in [-0.25, -0.2) is 4.99 Å². The average Bonchev–Trinajstić information content (AvgIpc) is 3.06. The smallest absolute Gasteiger partial charge is 0.325 e. The predicted octanol–water partition coefficient (Wildman–Crippen LogP) is 2.67. The molecule has 0 spiro atoms. The molecular weight excluding hydrogens is 414 g/mol. The SMILES string of the molecule is CCOC(=O)C(N)COCN1CCN(C2=Nc3ccccc3Nc3sc(C)cc32)CC1. The minimum Gasteiger partial charge on any atom is -0.465 e. The minimum absolute atomic E-state index is 0.158. The number of ether oxygens (including phenoxy) is 2. The average molecular weight is 444 g/mol. The summed E-state index contributed by atoms with van der Waals surface area (Å²) in [7, 11) is 0. The zero-order chi connectivity index (χ0) is 21.8. The van der Waals surface area contributed by atoms with E-state index in [4.69, 9.17) is 20.2 Å². The fraction of sp³-hybridized carbons (Fsp3) is 0.455. The second kappa shape index (κ2) is 9.78. The first-order chi connectivity index (χ1) is 15.0. The summed E-state index contributed by atoms with van der Waals surface area (Å²) in [5, 5.41) is 4.69. The molecular formula is C22H29N5O3S. The fourth-order valence-corrected chi connectivity index (χ4v) is 4.62. The fourth-order valence-electron chi connectivity index (χ4n) is 3.70. The largest absolute Gasteiger partial charge is 0.465 e. The number of thiophene rings is 1. The molecule has 166 valence electrons. The van der Waals surface area contributed by atoms with E-state index in [0.717, 1.165) is 54.0 Å². The van der Waals surface area contributed by atoms with Crippen LogP contribution in [0.15, 0.2) is 35.3 Å². The number of nitrogens with one attached hydrogen (secondary N) is 1. The molecule has 1 atom stereocenters. The predicted molar refractivity (Wildman–Crippen MR) is 124 cm³/mol. The summed E-state index contributed by atoms with van der Waals surface area (Å²) < 4.78 is 10.6. The van der Waals surface area contributed by atoms with Crippen LogP contribution in [0.25, 0.3) is 0 Å². The Hall–Kier alpha value is -2.46. The quantitative estimate of drug-likeness (QED) is 0.663. The van der Waals surface area contributed by atoms with Gasteiger partial charge < -0.3 is 25.4 Å². The Morgan fingerprint density at radius 3 is 2.84 bits per heavy atom. The molecule has 31 heavy (non-hydrogen) atoms. The third kappa shape index (κ3) is 5.07. The van der Waals surface area contributed by atoms with Crippen LogP contribution in [0.5, 0.6) is 0 Å². The number of carbonyl (C=O) groups is 1.